The van der Waals surface area contributed by atoms with Crippen LogP contribution in [0.1, 0.15) is 0 Å². The van der Waals surface area contributed by atoms with Crippen molar-refractivity contribution < 1.29 is 12.9 Å². The van der Waals surface area contributed by atoms with Crippen LogP contribution in [-0.2, 0) is 10.0 Å². The fourth-order valence-electron chi connectivity index (χ4n) is 2.06. The zero-order valence-corrected chi connectivity index (χ0v) is 13.1. The first-order valence-corrected chi connectivity index (χ1v) is 8.78. The molecule has 0 spiro atoms. The van der Waals surface area contributed by atoms with Crippen LogP contribution < -0.4 is 5.14 Å². The van der Waals surface area contributed by atoms with Gasteiger partial charge in [0.1, 0.15) is 11.4 Å². The highest BCUT2D eigenvalue weighted by atomic mass is 32.2. The molecule has 0 saturated heterocycles. The first kappa shape index (κ1) is 14.1. The van der Waals surface area contributed by atoms with E-state index in [2.05, 4.69) is 15.2 Å². The summed E-state index contributed by atoms with van der Waals surface area (Å²) in [5.74, 6) is 0.471. The van der Waals surface area contributed by atoms with Crippen molar-refractivity contribution in [2.75, 3.05) is 0 Å². The maximum absolute atomic E-state index is 11.3. The van der Waals surface area contributed by atoms with Crippen LogP contribution in [0.15, 0.2) is 51.5 Å². The average Bonchev–Trinajstić information content (AvgIpc) is 3.21. The zero-order chi connectivity index (χ0) is 16.0. The van der Waals surface area contributed by atoms with Crippen LogP contribution in [0.4, 0.5) is 0 Å². The Morgan fingerprint density at radius 3 is 2.65 bits per heavy atom. The number of rotatable bonds is 3. The van der Waals surface area contributed by atoms with E-state index in [0.717, 1.165) is 16.9 Å². The van der Waals surface area contributed by atoms with Crippen LogP contribution in [0, 0.1) is 0 Å². The van der Waals surface area contributed by atoms with Crippen molar-refractivity contribution in [3.63, 3.8) is 0 Å². The second-order valence-electron chi connectivity index (χ2n) is 4.71. The summed E-state index contributed by atoms with van der Waals surface area (Å²) in [5, 5.41) is 13.0. The predicted molar refractivity (Wildman–Crippen MR) is 83.2 cm³/mol. The zero-order valence-electron chi connectivity index (χ0n) is 11.4. The highest BCUT2D eigenvalue weighted by Gasteiger charge is 2.18. The Hall–Kier alpha value is -2.56. The monoisotopic (exact) mass is 347 g/mol. The number of primary sulfonamides is 1. The number of sulfonamides is 1. The third-order valence-electron chi connectivity index (χ3n) is 3.10. The Morgan fingerprint density at radius 2 is 1.96 bits per heavy atom. The standard InChI is InChI=1S/C13H9N5O3S2/c14-23(19,20)13-16-18-7-10(15-12(18)22-13)11-6-9(17-21-11)8-4-2-1-3-5-8/h1-7H,(H2,14,19,20). The first-order chi connectivity index (χ1) is 11.0. The summed E-state index contributed by atoms with van der Waals surface area (Å²) < 4.78 is 29.0. The molecule has 2 N–H and O–H groups in total. The van der Waals surface area contributed by atoms with Gasteiger partial charge in [-0.25, -0.2) is 23.1 Å². The highest BCUT2D eigenvalue weighted by molar-refractivity contribution is 7.91. The number of hydrogen-bond donors (Lipinski definition) is 1. The van der Waals surface area contributed by atoms with Gasteiger partial charge >= 0.3 is 0 Å². The lowest BCUT2D eigenvalue weighted by Crippen LogP contribution is -2.11. The van der Waals surface area contributed by atoms with Crippen LogP contribution in [0.3, 0.4) is 0 Å². The molecule has 0 atom stereocenters. The fraction of sp³-hybridized carbons (Fsp3) is 0. The molecule has 0 aliphatic carbocycles. The van der Waals surface area contributed by atoms with E-state index < -0.39 is 10.0 Å². The van der Waals surface area contributed by atoms with Crippen molar-refractivity contribution in [3.05, 3.63) is 42.6 Å². The minimum absolute atomic E-state index is 0.186. The molecule has 23 heavy (non-hydrogen) atoms. The van der Waals surface area contributed by atoms with Crippen molar-refractivity contribution in [1.29, 1.82) is 0 Å². The lowest BCUT2D eigenvalue weighted by Gasteiger charge is -1.91. The molecule has 0 saturated carbocycles. The first-order valence-electron chi connectivity index (χ1n) is 6.42. The van der Waals surface area contributed by atoms with Gasteiger partial charge in [-0.1, -0.05) is 46.8 Å². The van der Waals surface area contributed by atoms with Crippen molar-refractivity contribution in [2.45, 2.75) is 4.34 Å². The Kier molecular flexibility index (Phi) is 3.04. The number of hydrogen-bond acceptors (Lipinski definition) is 7. The molecule has 116 valence electrons. The van der Waals surface area contributed by atoms with Crippen LogP contribution in [-0.4, -0.2) is 28.2 Å². The summed E-state index contributed by atoms with van der Waals surface area (Å²) in [7, 11) is -3.83. The SMILES string of the molecule is NS(=O)(=O)c1nn2cc(-c3cc(-c4ccccc4)no3)nc2s1. The fourth-order valence-corrected chi connectivity index (χ4v) is 3.56. The topological polar surface area (TPSA) is 116 Å². The number of nitrogens with zero attached hydrogens (tertiary/aromatic N) is 4. The van der Waals surface area contributed by atoms with E-state index in [4.69, 9.17) is 9.66 Å². The van der Waals surface area contributed by atoms with Gasteiger partial charge in [-0.15, -0.1) is 5.10 Å². The Morgan fingerprint density at radius 1 is 1.17 bits per heavy atom. The molecular weight excluding hydrogens is 338 g/mol. The van der Waals surface area contributed by atoms with Crippen LogP contribution in [0.2, 0.25) is 0 Å². The maximum Gasteiger partial charge on any atom is 0.267 e. The second-order valence-corrected chi connectivity index (χ2v) is 7.40. The van der Waals surface area contributed by atoms with E-state index in [-0.39, 0.29) is 4.34 Å². The summed E-state index contributed by atoms with van der Waals surface area (Å²) in [6.45, 7) is 0. The third-order valence-corrected chi connectivity index (χ3v) is 5.33. The van der Waals surface area contributed by atoms with E-state index in [1.807, 2.05) is 30.3 Å². The Balaban J connectivity index is 1.73. The van der Waals surface area contributed by atoms with Crippen molar-refractivity contribution in [2.24, 2.45) is 5.14 Å². The predicted octanol–water partition coefficient (Wildman–Crippen LogP) is 1.76. The summed E-state index contributed by atoms with van der Waals surface area (Å²) in [6, 6.07) is 11.4. The van der Waals surface area contributed by atoms with Crippen LogP contribution >= 0.6 is 11.3 Å². The molecule has 0 fully saturated rings. The molecule has 0 unspecified atom stereocenters. The minimum atomic E-state index is -3.83. The van der Waals surface area contributed by atoms with Gasteiger partial charge in [0.2, 0.25) is 9.30 Å². The van der Waals surface area contributed by atoms with Gasteiger partial charge < -0.3 is 4.52 Å². The van der Waals surface area contributed by atoms with E-state index in [1.165, 1.54) is 4.52 Å². The molecule has 0 aliphatic rings. The van der Waals surface area contributed by atoms with Crippen molar-refractivity contribution >= 4 is 26.3 Å². The largest absolute Gasteiger partial charge is 0.354 e. The number of imidazole rings is 1. The van der Waals surface area contributed by atoms with Crippen LogP contribution in [0.25, 0.3) is 27.7 Å². The molecule has 10 heteroatoms. The van der Waals surface area contributed by atoms with Gasteiger partial charge in [0, 0.05) is 11.6 Å². The summed E-state index contributed by atoms with van der Waals surface area (Å²) in [5.41, 5.74) is 2.13. The Bertz CT molecular complexity index is 1060. The van der Waals surface area contributed by atoms with Gasteiger partial charge in [0.15, 0.2) is 5.76 Å². The van der Waals surface area contributed by atoms with E-state index in [1.54, 1.807) is 12.3 Å². The van der Waals surface area contributed by atoms with Gasteiger partial charge in [-0.2, -0.15) is 0 Å². The molecule has 3 aromatic heterocycles. The number of aromatic nitrogens is 4. The molecule has 1 aromatic carbocycles. The van der Waals surface area contributed by atoms with Gasteiger partial charge in [0.25, 0.3) is 10.0 Å². The molecule has 4 rings (SSSR count). The van der Waals surface area contributed by atoms with Crippen LogP contribution in [0.5, 0.6) is 0 Å². The maximum atomic E-state index is 11.3. The molecule has 4 aromatic rings. The molecular formula is C13H9N5O3S2. The lowest BCUT2D eigenvalue weighted by atomic mass is 10.1. The number of nitrogens with two attached hydrogens (primary N) is 1. The average molecular weight is 347 g/mol. The van der Waals surface area contributed by atoms with Gasteiger partial charge in [-0.3, -0.25) is 0 Å². The summed E-state index contributed by atoms with van der Waals surface area (Å²) in [6.07, 6.45) is 1.57. The lowest BCUT2D eigenvalue weighted by molar-refractivity contribution is 0.434. The normalized spacial score (nSPS) is 12.0. The van der Waals surface area contributed by atoms with Crippen molar-refractivity contribution in [3.8, 4) is 22.7 Å². The van der Waals surface area contributed by atoms with Gasteiger partial charge in [-0.05, 0) is 0 Å². The van der Waals surface area contributed by atoms with E-state index in [9.17, 15) is 8.42 Å². The summed E-state index contributed by atoms with van der Waals surface area (Å²) >= 11 is 0.889. The smallest absolute Gasteiger partial charge is 0.267 e. The third kappa shape index (κ3) is 2.52. The molecule has 0 aliphatic heterocycles. The van der Waals surface area contributed by atoms with E-state index in [0.29, 0.717) is 22.1 Å². The molecule has 8 nitrogen and oxygen atoms in total. The quantitative estimate of drug-likeness (QED) is 0.603. The number of fused-ring (bicyclic) bond motifs is 1. The molecule has 0 bridgehead atoms. The van der Waals surface area contributed by atoms with Gasteiger partial charge in [0.05, 0.1) is 6.20 Å². The second kappa shape index (κ2) is 4.98. The Labute approximate surface area is 134 Å². The molecule has 3 heterocycles. The van der Waals surface area contributed by atoms with E-state index >= 15 is 0 Å². The molecule has 0 amide bonds. The number of benzene rings is 1. The minimum Gasteiger partial charge on any atom is -0.354 e. The highest BCUT2D eigenvalue weighted by Crippen LogP contribution is 2.27. The summed E-state index contributed by atoms with van der Waals surface area (Å²) in [4.78, 5) is 4.69. The molecule has 0 radical (unpaired) electrons. The van der Waals surface area contributed by atoms with Crippen molar-refractivity contribution in [1.82, 2.24) is 19.8 Å².